The number of carbonyl (C=O) groups excluding carboxylic acids is 1. The van der Waals surface area contributed by atoms with E-state index in [1.54, 1.807) is 30.3 Å². The third-order valence-corrected chi connectivity index (χ3v) is 5.29. The Morgan fingerprint density at radius 3 is 2.59 bits per heavy atom. The third kappa shape index (κ3) is 4.28. The van der Waals surface area contributed by atoms with Gasteiger partial charge in [-0.05, 0) is 48.0 Å². The number of nitrogens with zero attached hydrogens (tertiary/aromatic N) is 1. The van der Waals surface area contributed by atoms with Crippen LogP contribution in [-0.2, 0) is 4.79 Å². The Morgan fingerprint density at radius 1 is 1.07 bits per heavy atom. The first-order valence-corrected chi connectivity index (χ1v) is 9.62. The maximum atomic E-state index is 13.1. The molecule has 0 aliphatic carbocycles. The van der Waals surface area contributed by atoms with Crippen molar-refractivity contribution < 1.29 is 18.7 Å². The minimum atomic E-state index is -0.513. The number of thiophene rings is 1. The summed E-state index contributed by atoms with van der Waals surface area (Å²) in [7, 11) is 0. The summed E-state index contributed by atoms with van der Waals surface area (Å²) in [6, 6.07) is 16.9. The summed E-state index contributed by atoms with van der Waals surface area (Å²) >= 11 is 1.41. The van der Waals surface area contributed by atoms with Gasteiger partial charge in [0.15, 0.2) is 11.5 Å². The largest absolute Gasteiger partial charge is 0.486 e. The predicted molar refractivity (Wildman–Crippen MR) is 109 cm³/mol. The van der Waals surface area contributed by atoms with Crippen LogP contribution < -0.4 is 14.8 Å². The topological polar surface area (TPSA) is 71.4 Å². The molecule has 5 nitrogen and oxygen atoms in total. The van der Waals surface area contributed by atoms with E-state index >= 15 is 0 Å². The molecule has 0 saturated heterocycles. The second-order valence-corrected chi connectivity index (χ2v) is 7.31. The normalized spacial score (nSPS) is 12.9. The number of fused-ring (bicyclic) bond motifs is 1. The van der Waals surface area contributed by atoms with Gasteiger partial charge >= 0.3 is 0 Å². The van der Waals surface area contributed by atoms with Crippen LogP contribution in [0.25, 0.3) is 16.5 Å². The number of halogens is 1. The fraction of sp³-hybridized carbons (Fsp3) is 0.0909. The molecule has 3 aromatic rings. The average Bonchev–Trinajstić information content (AvgIpc) is 3.21. The predicted octanol–water partition coefficient (Wildman–Crippen LogP) is 4.87. The summed E-state index contributed by atoms with van der Waals surface area (Å²) in [6.45, 7) is 0.934. The molecule has 1 aliphatic heterocycles. The summed E-state index contributed by atoms with van der Waals surface area (Å²) in [5.74, 6) is 0.366. The van der Waals surface area contributed by atoms with E-state index in [1.165, 1.54) is 29.5 Å². The molecule has 2 aromatic carbocycles. The molecule has 0 spiro atoms. The minimum Gasteiger partial charge on any atom is -0.486 e. The van der Waals surface area contributed by atoms with Gasteiger partial charge in [-0.15, -0.1) is 11.3 Å². The van der Waals surface area contributed by atoms with Gasteiger partial charge in [0.05, 0.1) is 0 Å². The van der Waals surface area contributed by atoms with E-state index in [0.29, 0.717) is 30.4 Å². The molecular weight excluding hydrogens is 391 g/mol. The lowest BCUT2D eigenvalue weighted by Crippen LogP contribution is -2.17. The van der Waals surface area contributed by atoms with Crippen LogP contribution in [0, 0.1) is 17.1 Å². The van der Waals surface area contributed by atoms with Crippen LogP contribution in [0.15, 0.2) is 60.2 Å². The number of hydrogen-bond acceptors (Lipinski definition) is 5. The van der Waals surface area contributed by atoms with Crippen LogP contribution in [-0.4, -0.2) is 19.1 Å². The molecule has 0 fully saturated rings. The van der Waals surface area contributed by atoms with Crippen molar-refractivity contribution in [3.63, 3.8) is 0 Å². The van der Waals surface area contributed by atoms with Gasteiger partial charge in [0.25, 0.3) is 5.91 Å². The highest BCUT2D eigenvalue weighted by molar-refractivity contribution is 7.16. The highest BCUT2D eigenvalue weighted by Crippen LogP contribution is 2.33. The molecule has 29 heavy (non-hydrogen) atoms. The maximum absolute atomic E-state index is 13.1. The van der Waals surface area contributed by atoms with E-state index in [-0.39, 0.29) is 11.4 Å². The monoisotopic (exact) mass is 406 g/mol. The zero-order chi connectivity index (χ0) is 20.2. The third-order valence-electron chi connectivity index (χ3n) is 4.21. The molecule has 0 bridgehead atoms. The smallest absolute Gasteiger partial charge is 0.266 e. The van der Waals surface area contributed by atoms with Gasteiger partial charge < -0.3 is 14.8 Å². The van der Waals surface area contributed by atoms with Gasteiger partial charge in [-0.3, -0.25) is 4.79 Å². The lowest BCUT2D eigenvalue weighted by Gasteiger charge is -2.18. The average molecular weight is 406 g/mol. The lowest BCUT2D eigenvalue weighted by molar-refractivity contribution is -0.112. The fourth-order valence-electron chi connectivity index (χ4n) is 2.81. The van der Waals surface area contributed by atoms with Crippen molar-refractivity contribution >= 4 is 29.0 Å². The highest BCUT2D eigenvalue weighted by atomic mass is 32.1. The molecule has 0 atom stereocenters. The highest BCUT2D eigenvalue weighted by Gasteiger charge is 2.15. The molecule has 7 heteroatoms. The summed E-state index contributed by atoms with van der Waals surface area (Å²) in [5.41, 5.74) is 1.36. The van der Waals surface area contributed by atoms with Crippen molar-refractivity contribution in [2.45, 2.75) is 0 Å². The van der Waals surface area contributed by atoms with Gasteiger partial charge in [0.2, 0.25) is 0 Å². The van der Waals surface area contributed by atoms with Gasteiger partial charge in [0.1, 0.15) is 30.7 Å². The van der Waals surface area contributed by atoms with Crippen molar-refractivity contribution in [3.8, 4) is 28.0 Å². The molecule has 1 N–H and O–H groups in total. The van der Waals surface area contributed by atoms with Gasteiger partial charge in [-0.1, -0.05) is 12.1 Å². The zero-order valence-electron chi connectivity index (χ0n) is 15.1. The van der Waals surface area contributed by atoms with Crippen LogP contribution in [0.4, 0.5) is 10.1 Å². The van der Waals surface area contributed by atoms with Crippen molar-refractivity contribution in [1.29, 1.82) is 5.26 Å². The number of nitriles is 1. The molecule has 0 radical (unpaired) electrons. The van der Waals surface area contributed by atoms with Crippen molar-refractivity contribution in [2.24, 2.45) is 0 Å². The molecule has 0 saturated carbocycles. The summed E-state index contributed by atoms with van der Waals surface area (Å²) in [4.78, 5) is 14.2. The molecule has 144 valence electrons. The Balaban J connectivity index is 1.51. The standard InChI is InChI=1S/C22H15FN2O3S/c23-16-3-1-14(2-4-16)21-8-6-18(29-21)11-15(13-24)22(26)25-17-5-7-19-20(12-17)28-10-9-27-19/h1-8,11-12H,9-10H2,(H,25,26)/b15-11+. The van der Waals surface area contributed by atoms with Crippen LogP contribution >= 0.6 is 11.3 Å². The minimum absolute atomic E-state index is 0.0209. The Hall–Kier alpha value is -3.63. The number of amides is 1. The Labute approximate surface area is 170 Å². The molecule has 1 aliphatic rings. The Morgan fingerprint density at radius 2 is 1.83 bits per heavy atom. The zero-order valence-corrected chi connectivity index (χ0v) is 16.0. The van der Waals surface area contributed by atoms with Crippen LogP contribution in [0.1, 0.15) is 4.88 Å². The quantitative estimate of drug-likeness (QED) is 0.496. The summed E-state index contributed by atoms with van der Waals surface area (Å²) in [6.07, 6.45) is 1.53. The molecule has 4 rings (SSSR count). The number of ether oxygens (including phenoxy) is 2. The van der Waals surface area contributed by atoms with Crippen LogP contribution in [0.2, 0.25) is 0 Å². The second-order valence-electron chi connectivity index (χ2n) is 6.19. The van der Waals surface area contributed by atoms with Crippen molar-refractivity contribution in [1.82, 2.24) is 0 Å². The first kappa shape index (κ1) is 18.7. The molecule has 1 amide bonds. The lowest BCUT2D eigenvalue weighted by atomic mass is 10.2. The number of hydrogen-bond donors (Lipinski definition) is 1. The molecular formula is C22H15FN2O3S. The van der Waals surface area contributed by atoms with E-state index in [1.807, 2.05) is 18.2 Å². The molecule has 0 unspecified atom stereocenters. The van der Waals surface area contributed by atoms with E-state index in [4.69, 9.17) is 9.47 Å². The number of nitrogens with one attached hydrogen (secondary N) is 1. The van der Waals surface area contributed by atoms with E-state index in [2.05, 4.69) is 5.32 Å². The molecule has 1 aromatic heterocycles. The Bertz CT molecular complexity index is 1130. The summed E-state index contributed by atoms with van der Waals surface area (Å²) < 4.78 is 24.0. The van der Waals surface area contributed by atoms with Crippen LogP contribution in [0.5, 0.6) is 11.5 Å². The van der Waals surface area contributed by atoms with Crippen molar-refractivity contribution in [2.75, 3.05) is 18.5 Å². The van der Waals surface area contributed by atoms with E-state index in [0.717, 1.165) is 15.3 Å². The second kappa shape index (κ2) is 8.17. The van der Waals surface area contributed by atoms with Crippen molar-refractivity contribution in [3.05, 3.63) is 70.9 Å². The Kier molecular flexibility index (Phi) is 5.27. The number of carbonyl (C=O) groups is 1. The summed E-state index contributed by atoms with van der Waals surface area (Å²) in [5, 5.41) is 12.1. The van der Waals surface area contributed by atoms with Gasteiger partial charge in [-0.2, -0.15) is 5.26 Å². The van der Waals surface area contributed by atoms with Crippen LogP contribution in [0.3, 0.4) is 0 Å². The fourth-order valence-corrected chi connectivity index (χ4v) is 3.77. The van der Waals surface area contributed by atoms with Gasteiger partial charge in [0, 0.05) is 21.5 Å². The van der Waals surface area contributed by atoms with Gasteiger partial charge in [-0.25, -0.2) is 4.39 Å². The van der Waals surface area contributed by atoms with E-state index in [9.17, 15) is 14.4 Å². The number of anilines is 1. The first-order chi connectivity index (χ1) is 14.1. The van der Waals surface area contributed by atoms with E-state index < -0.39 is 5.91 Å². The maximum Gasteiger partial charge on any atom is 0.266 e. The number of rotatable bonds is 4. The number of benzene rings is 2. The SMILES string of the molecule is N#C/C(=C\c1ccc(-c2ccc(F)cc2)s1)C(=O)Nc1ccc2c(c1)OCCO2. The first-order valence-electron chi connectivity index (χ1n) is 8.81. The molecule has 2 heterocycles.